The van der Waals surface area contributed by atoms with Gasteiger partial charge in [-0.3, -0.25) is 0 Å². The number of ether oxygens (including phenoxy) is 3. The lowest BCUT2D eigenvalue weighted by atomic mass is 10.1. The van der Waals surface area contributed by atoms with Crippen LogP contribution < -0.4 is 4.74 Å². The van der Waals surface area contributed by atoms with Crippen LogP contribution in [0.3, 0.4) is 0 Å². The van der Waals surface area contributed by atoms with E-state index in [-0.39, 0.29) is 19.0 Å². The summed E-state index contributed by atoms with van der Waals surface area (Å²) in [5, 5.41) is 8.74. The molecule has 0 radical (unpaired) electrons. The maximum atomic E-state index is 12.8. The van der Waals surface area contributed by atoms with Crippen molar-refractivity contribution in [3.63, 3.8) is 0 Å². The maximum absolute atomic E-state index is 12.8. The first-order valence-electron chi connectivity index (χ1n) is 6.00. The fourth-order valence-electron chi connectivity index (χ4n) is 1.50. The van der Waals surface area contributed by atoms with Crippen molar-refractivity contribution in [1.82, 2.24) is 0 Å². The van der Waals surface area contributed by atoms with Crippen LogP contribution in [0.4, 0.5) is 13.2 Å². The molecule has 0 saturated carbocycles. The van der Waals surface area contributed by atoms with Crippen molar-refractivity contribution in [2.24, 2.45) is 0 Å². The molecule has 0 aromatic heterocycles. The number of rotatable bonds is 8. The predicted octanol–water partition coefficient (Wildman–Crippen LogP) is 2.45. The highest BCUT2D eigenvalue weighted by atomic mass is 19.4. The zero-order chi connectivity index (χ0) is 15.9. The van der Waals surface area contributed by atoms with Gasteiger partial charge in [-0.25, -0.2) is 4.79 Å². The van der Waals surface area contributed by atoms with E-state index in [1.54, 1.807) is 0 Å². The molecule has 1 N–H and O–H groups in total. The van der Waals surface area contributed by atoms with E-state index in [2.05, 4.69) is 0 Å². The lowest BCUT2D eigenvalue weighted by Gasteiger charge is -2.13. The van der Waals surface area contributed by atoms with Crippen molar-refractivity contribution in [1.29, 1.82) is 0 Å². The monoisotopic (exact) mass is 308 g/mol. The van der Waals surface area contributed by atoms with Crippen molar-refractivity contribution in [3.8, 4) is 5.75 Å². The number of carboxylic acids is 1. The summed E-state index contributed by atoms with van der Waals surface area (Å²) in [6.45, 7) is 0.996. The average molecular weight is 308 g/mol. The number of aromatic carboxylic acids is 1. The summed E-state index contributed by atoms with van der Waals surface area (Å²) in [5.74, 6) is -1.71. The molecule has 8 heteroatoms. The minimum absolute atomic E-state index is 0.0490. The highest BCUT2D eigenvalue weighted by Gasteiger charge is 2.35. The number of hydrogen-bond acceptors (Lipinski definition) is 4. The van der Waals surface area contributed by atoms with Crippen molar-refractivity contribution < 1.29 is 37.3 Å². The van der Waals surface area contributed by atoms with Gasteiger partial charge < -0.3 is 19.3 Å². The first-order valence-corrected chi connectivity index (χ1v) is 6.00. The Hall–Kier alpha value is -1.80. The molecule has 0 heterocycles. The number of alkyl halides is 3. The first-order chi connectivity index (χ1) is 9.86. The Bertz CT molecular complexity index is 473. The zero-order valence-electron chi connectivity index (χ0n) is 11.3. The summed E-state index contributed by atoms with van der Waals surface area (Å²) >= 11 is 0. The molecule has 0 aliphatic heterocycles. The molecule has 0 fully saturated rings. The molecule has 5 nitrogen and oxygen atoms in total. The molecule has 0 unspecified atom stereocenters. The van der Waals surface area contributed by atoms with E-state index < -0.39 is 23.3 Å². The van der Waals surface area contributed by atoms with E-state index in [0.29, 0.717) is 19.3 Å². The Morgan fingerprint density at radius 3 is 2.43 bits per heavy atom. The lowest BCUT2D eigenvalue weighted by molar-refractivity contribution is -0.138. The summed E-state index contributed by atoms with van der Waals surface area (Å²) in [5.41, 5.74) is -2.06. The Morgan fingerprint density at radius 2 is 1.86 bits per heavy atom. The van der Waals surface area contributed by atoms with Crippen LogP contribution in [0, 0.1) is 0 Å². The SMILES string of the molecule is COCCOCCOc1ccc(C(=O)O)c(C(F)(F)F)c1. The Balaban J connectivity index is 2.66. The third-order valence-electron chi connectivity index (χ3n) is 2.46. The summed E-state index contributed by atoms with van der Waals surface area (Å²) in [4.78, 5) is 10.8. The first kappa shape index (κ1) is 17.3. The molecule has 0 aliphatic rings. The summed E-state index contributed by atoms with van der Waals surface area (Å²) < 4.78 is 53.2. The van der Waals surface area contributed by atoms with Crippen LogP contribution in [0.2, 0.25) is 0 Å². The van der Waals surface area contributed by atoms with E-state index in [1.165, 1.54) is 13.2 Å². The van der Waals surface area contributed by atoms with Crippen LogP contribution in [0.5, 0.6) is 5.75 Å². The quantitative estimate of drug-likeness (QED) is 0.747. The lowest BCUT2D eigenvalue weighted by Crippen LogP contribution is -2.14. The third kappa shape index (κ3) is 5.60. The Morgan fingerprint density at radius 1 is 1.19 bits per heavy atom. The second-order valence-corrected chi connectivity index (χ2v) is 3.96. The van der Waals surface area contributed by atoms with E-state index in [0.717, 1.165) is 6.07 Å². The number of carbonyl (C=O) groups is 1. The van der Waals surface area contributed by atoms with Crippen LogP contribution >= 0.6 is 0 Å². The minimum Gasteiger partial charge on any atom is -0.491 e. The minimum atomic E-state index is -4.76. The van der Waals surface area contributed by atoms with Gasteiger partial charge in [0.15, 0.2) is 0 Å². The van der Waals surface area contributed by atoms with Crippen molar-refractivity contribution in [2.45, 2.75) is 6.18 Å². The van der Waals surface area contributed by atoms with Gasteiger partial charge in [0.2, 0.25) is 0 Å². The van der Waals surface area contributed by atoms with Gasteiger partial charge in [0.25, 0.3) is 0 Å². The topological polar surface area (TPSA) is 65.0 Å². The Kier molecular flexibility index (Phi) is 6.44. The fraction of sp³-hybridized carbons (Fsp3) is 0.462. The Labute approximate surface area is 119 Å². The second-order valence-electron chi connectivity index (χ2n) is 3.96. The molecule has 0 aliphatic carbocycles. The van der Waals surface area contributed by atoms with Crippen LogP contribution in [0.1, 0.15) is 15.9 Å². The average Bonchev–Trinajstić information content (AvgIpc) is 2.41. The molecule has 1 aromatic carbocycles. The van der Waals surface area contributed by atoms with E-state index in [1.807, 2.05) is 0 Å². The van der Waals surface area contributed by atoms with Gasteiger partial charge in [-0.2, -0.15) is 13.2 Å². The fourth-order valence-corrected chi connectivity index (χ4v) is 1.50. The standard InChI is InChI=1S/C13H15F3O5/c1-19-4-5-20-6-7-21-9-2-3-10(12(17)18)11(8-9)13(14,15)16/h2-3,8H,4-7H2,1H3,(H,17,18). The molecule has 1 rings (SSSR count). The van der Waals surface area contributed by atoms with Gasteiger partial charge >= 0.3 is 12.1 Å². The highest BCUT2D eigenvalue weighted by Crippen LogP contribution is 2.34. The zero-order valence-corrected chi connectivity index (χ0v) is 11.3. The second kappa shape index (κ2) is 7.84. The van der Waals surface area contributed by atoms with Gasteiger partial charge in [-0.15, -0.1) is 0 Å². The summed E-state index contributed by atoms with van der Waals surface area (Å²) in [6.07, 6.45) is -4.76. The molecule has 0 atom stereocenters. The van der Waals surface area contributed by atoms with Gasteiger partial charge in [-0.05, 0) is 18.2 Å². The molecule has 1 aromatic rings. The molecule has 21 heavy (non-hydrogen) atoms. The van der Waals surface area contributed by atoms with E-state index in [4.69, 9.17) is 19.3 Å². The summed E-state index contributed by atoms with van der Waals surface area (Å²) in [6, 6.07) is 2.71. The van der Waals surface area contributed by atoms with Crippen molar-refractivity contribution in [3.05, 3.63) is 29.3 Å². The summed E-state index contributed by atoms with van der Waals surface area (Å²) in [7, 11) is 1.52. The molecule has 0 spiro atoms. The molecular weight excluding hydrogens is 293 g/mol. The van der Waals surface area contributed by atoms with Gasteiger partial charge in [0, 0.05) is 7.11 Å². The number of benzene rings is 1. The molecular formula is C13H15F3O5. The third-order valence-corrected chi connectivity index (χ3v) is 2.46. The molecule has 118 valence electrons. The van der Waals surface area contributed by atoms with Crippen molar-refractivity contribution in [2.75, 3.05) is 33.5 Å². The largest absolute Gasteiger partial charge is 0.491 e. The number of halogens is 3. The van der Waals surface area contributed by atoms with Crippen LogP contribution in [0.15, 0.2) is 18.2 Å². The van der Waals surface area contributed by atoms with E-state index >= 15 is 0 Å². The number of methoxy groups -OCH3 is 1. The maximum Gasteiger partial charge on any atom is 0.417 e. The smallest absolute Gasteiger partial charge is 0.417 e. The molecule has 0 bridgehead atoms. The van der Waals surface area contributed by atoms with Gasteiger partial charge in [0.1, 0.15) is 12.4 Å². The van der Waals surface area contributed by atoms with Crippen molar-refractivity contribution >= 4 is 5.97 Å². The van der Waals surface area contributed by atoms with E-state index in [9.17, 15) is 18.0 Å². The van der Waals surface area contributed by atoms with Crippen LogP contribution in [0.25, 0.3) is 0 Å². The molecule has 0 amide bonds. The number of hydrogen-bond donors (Lipinski definition) is 1. The number of carboxylic acid groups (broad SMARTS) is 1. The van der Waals surface area contributed by atoms with Crippen LogP contribution in [-0.4, -0.2) is 44.6 Å². The highest BCUT2D eigenvalue weighted by molar-refractivity contribution is 5.89. The van der Waals surface area contributed by atoms with Gasteiger partial charge in [-0.1, -0.05) is 0 Å². The molecule has 0 saturated heterocycles. The van der Waals surface area contributed by atoms with Crippen LogP contribution in [-0.2, 0) is 15.7 Å². The normalized spacial score (nSPS) is 11.4. The van der Waals surface area contributed by atoms with Gasteiger partial charge in [0.05, 0.1) is 30.9 Å². The predicted molar refractivity (Wildman–Crippen MR) is 66.6 cm³/mol.